The van der Waals surface area contributed by atoms with E-state index >= 15 is 0 Å². The van der Waals surface area contributed by atoms with Gasteiger partial charge in [0.05, 0.1) is 13.2 Å². The molecule has 0 radical (unpaired) electrons. The minimum absolute atomic E-state index is 0.327. The molecule has 1 aromatic rings. The molecule has 1 aromatic carbocycles. The maximum atomic E-state index is 14.3. The molecule has 120 valence electrons. The van der Waals surface area contributed by atoms with Gasteiger partial charge >= 0.3 is 0 Å². The van der Waals surface area contributed by atoms with Gasteiger partial charge in [0, 0.05) is 24.8 Å². The molecule has 0 saturated heterocycles. The van der Waals surface area contributed by atoms with E-state index in [0.29, 0.717) is 24.5 Å². The summed E-state index contributed by atoms with van der Waals surface area (Å²) in [7, 11) is 1.52. The van der Waals surface area contributed by atoms with Gasteiger partial charge < -0.3 is 19.5 Å². The Hall–Kier alpha value is -1.17. The quantitative estimate of drug-likeness (QED) is 0.673. The van der Waals surface area contributed by atoms with Gasteiger partial charge in [0.15, 0.2) is 6.29 Å². The van der Waals surface area contributed by atoms with Gasteiger partial charge in [0.1, 0.15) is 11.6 Å². The molecule has 1 rings (SSSR count). The molecular formula is C16H26FNO3. The van der Waals surface area contributed by atoms with Crippen molar-refractivity contribution in [1.82, 2.24) is 5.32 Å². The second-order valence-electron chi connectivity index (χ2n) is 4.60. The topological polar surface area (TPSA) is 39.7 Å². The third-order valence-corrected chi connectivity index (χ3v) is 3.09. The van der Waals surface area contributed by atoms with Crippen LogP contribution in [0, 0.1) is 5.82 Å². The van der Waals surface area contributed by atoms with Gasteiger partial charge in [0.2, 0.25) is 0 Å². The molecule has 1 unspecified atom stereocenters. The van der Waals surface area contributed by atoms with Crippen LogP contribution < -0.4 is 10.1 Å². The summed E-state index contributed by atoms with van der Waals surface area (Å²) in [5, 5.41) is 3.30. The highest BCUT2D eigenvalue weighted by Crippen LogP contribution is 2.26. The van der Waals surface area contributed by atoms with Crippen molar-refractivity contribution in [2.45, 2.75) is 39.5 Å². The smallest absolute Gasteiger partial charge is 0.176 e. The van der Waals surface area contributed by atoms with E-state index in [9.17, 15) is 4.39 Å². The van der Waals surface area contributed by atoms with Crippen LogP contribution in [0.5, 0.6) is 5.75 Å². The van der Waals surface area contributed by atoms with Crippen molar-refractivity contribution >= 4 is 0 Å². The van der Waals surface area contributed by atoms with Crippen LogP contribution in [-0.4, -0.2) is 33.2 Å². The Morgan fingerprint density at radius 2 is 1.81 bits per heavy atom. The standard InChI is InChI=1S/C16H26FNO3/c1-5-10-18-15(16(20-6-2)21-7-3)13-9-8-12(19-4)11-14(13)17/h8-9,11,15-16,18H,5-7,10H2,1-4H3. The van der Waals surface area contributed by atoms with Crippen LogP contribution in [0.1, 0.15) is 38.8 Å². The monoisotopic (exact) mass is 299 g/mol. The van der Waals surface area contributed by atoms with Crippen LogP contribution >= 0.6 is 0 Å². The molecule has 1 atom stereocenters. The number of methoxy groups -OCH3 is 1. The Kier molecular flexibility index (Phi) is 8.27. The number of rotatable bonds is 10. The lowest BCUT2D eigenvalue weighted by Gasteiger charge is -2.28. The molecule has 0 aliphatic heterocycles. The first-order valence-electron chi connectivity index (χ1n) is 7.47. The fraction of sp³-hybridized carbons (Fsp3) is 0.625. The maximum absolute atomic E-state index is 14.3. The largest absolute Gasteiger partial charge is 0.497 e. The summed E-state index contributed by atoms with van der Waals surface area (Å²) in [4.78, 5) is 0. The number of hydrogen-bond donors (Lipinski definition) is 1. The highest BCUT2D eigenvalue weighted by molar-refractivity contribution is 5.31. The number of hydrogen-bond acceptors (Lipinski definition) is 4. The van der Waals surface area contributed by atoms with E-state index in [1.807, 2.05) is 13.8 Å². The Morgan fingerprint density at radius 1 is 1.14 bits per heavy atom. The van der Waals surface area contributed by atoms with E-state index < -0.39 is 6.29 Å². The Labute approximate surface area is 126 Å². The molecule has 0 amide bonds. The molecule has 1 N–H and O–H groups in total. The van der Waals surface area contributed by atoms with Crippen LogP contribution in [0.2, 0.25) is 0 Å². The molecule has 0 aliphatic rings. The lowest BCUT2D eigenvalue weighted by Crippen LogP contribution is -2.37. The minimum Gasteiger partial charge on any atom is -0.497 e. The normalized spacial score (nSPS) is 12.7. The van der Waals surface area contributed by atoms with Crippen molar-refractivity contribution in [2.24, 2.45) is 0 Å². The third-order valence-electron chi connectivity index (χ3n) is 3.09. The van der Waals surface area contributed by atoms with Gasteiger partial charge in [0.25, 0.3) is 0 Å². The first-order chi connectivity index (χ1) is 10.2. The predicted molar refractivity (Wildman–Crippen MR) is 81.0 cm³/mol. The summed E-state index contributed by atoms with van der Waals surface area (Å²) in [6, 6.07) is 4.49. The fourth-order valence-corrected chi connectivity index (χ4v) is 2.11. The summed E-state index contributed by atoms with van der Waals surface area (Å²) in [5.74, 6) is 0.169. The van der Waals surface area contributed by atoms with Gasteiger partial charge in [-0.25, -0.2) is 4.39 Å². The van der Waals surface area contributed by atoms with Crippen molar-refractivity contribution in [3.05, 3.63) is 29.6 Å². The van der Waals surface area contributed by atoms with Gasteiger partial charge in [-0.3, -0.25) is 0 Å². The molecule has 0 fully saturated rings. The van der Waals surface area contributed by atoms with Crippen molar-refractivity contribution in [1.29, 1.82) is 0 Å². The van der Waals surface area contributed by atoms with Crippen molar-refractivity contribution < 1.29 is 18.6 Å². The summed E-state index contributed by atoms with van der Waals surface area (Å²) < 4.78 is 30.6. The molecular weight excluding hydrogens is 273 g/mol. The molecule has 0 aliphatic carbocycles. The average molecular weight is 299 g/mol. The second-order valence-corrected chi connectivity index (χ2v) is 4.60. The maximum Gasteiger partial charge on any atom is 0.176 e. The number of benzene rings is 1. The molecule has 0 heterocycles. The third kappa shape index (κ3) is 5.26. The van der Waals surface area contributed by atoms with Crippen molar-refractivity contribution in [2.75, 3.05) is 26.9 Å². The predicted octanol–water partition coefficient (Wildman–Crippen LogP) is 3.27. The van der Waals surface area contributed by atoms with Gasteiger partial charge in [-0.1, -0.05) is 13.0 Å². The summed E-state index contributed by atoms with van der Waals surface area (Å²) >= 11 is 0. The second kappa shape index (κ2) is 9.71. The summed E-state index contributed by atoms with van der Waals surface area (Å²) in [6.07, 6.45) is 0.425. The minimum atomic E-state index is -0.519. The molecule has 4 nitrogen and oxygen atoms in total. The molecule has 21 heavy (non-hydrogen) atoms. The Morgan fingerprint density at radius 3 is 2.29 bits per heavy atom. The van der Waals surface area contributed by atoms with Crippen LogP contribution in [0.4, 0.5) is 4.39 Å². The number of ether oxygens (including phenoxy) is 3. The lowest BCUT2D eigenvalue weighted by atomic mass is 10.0. The van der Waals surface area contributed by atoms with Gasteiger partial charge in [-0.05, 0) is 32.9 Å². The van der Waals surface area contributed by atoms with Crippen LogP contribution in [0.25, 0.3) is 0 Å². The number of nitrogens with one attached hydrogen (secondary N) is 1. The van der Waals surface area contributed by atoms with E-state index in [1.165, 1.54) is 13.2 Å². The van der Waals surface area contributed by atoms with E-state index in [-0.39, 0.29) is 11.9 Å². The Balaban J connectivity index is 3.04. The molecule has 5 heteroatoms. The van der Waals surface area contributed by atoms with E-state index in [2.05, 4.69) is 12.2 Å². The molecule has 0 bridgehead atoms. The zero-order valence-corrected chi connectivity index (χ0v) is 13.3. The Bertz CT molecular complexity index is 409. The van der Waals surface area contributed by atoms with Gasteiger partial charge in [-0.15, -0.1) is 0 Å². The van der Waals surface area contributed by atoms with E-state index in [1.54, 1.807) is 12.1 Å². The average Bonchev–Trinajstić information content (AvgIpc) is 2.49. The van der Waals surface area contributed by atoms with Crippen LogP contribution in [-0.2, 0) is 9.47 Å². The van der Waals surface area contributed by atoms with Crippen molar-refractivity contribution in [3.8, 4) is 5.75 Å². The molecule has 0 aromatic heterocycles. The SMILES string of the molecule is CCCNC(c1ccc(OC)cc1F)C(OCC)OCC. The fourth-order valence-electron chi connectivity index (χ4n) is 2.11. The zero-order chi connectivity index (χ0) is 15.7. The van der Waals surface area contributed by atoms with Crippen molar-refractivity contribution in [3.63, 3.8) is 0 Å². The first kappa shape index (κ1) is 17.9. The highest BCUT2D eigenvalue weighted by Gasteiger charge is 2.26. The van der Waals surface area contributed by atoms with Gasteiger partial charge in [-0.2, -0.15) is 0 Å². The lowest BCUT2D eigenvalue weighted by molar-refractivity contribution is -0.155. The number of halogens is 1. The summed E-state index contributed by atoms with van der Waals surface area (Å²) in [5.41, 5.74) is 0.524. The highest BCUT2D eigenvalue weighted by atomic mass is 19.1. The van der Waals surface area contributed by atoms with Crippen LogP contribution in [0.3, 0.4) is 0 Å². The zero-order valence-electron chi connectivity index (χ0n) is 13.3. The molecule has 0 spiro atoms. The molecule has 0 saturated carbocycles. The van der Waals surface area contributed by atoms with E-state index in [4.69, 9.17) is 14.2 Å². The van der Waals surface area contributed by atoms with E-state index in [0.717, 1.165) is 13.0 Å². The van der Waals surface area contributed by atoms with Crippen LogP contribution in [0.15, 0.2) is 18.2 Å². The first-order valence-corrected chi connectivity index (χ1v) is 7.47. The summed E-state index contributed by atoms with van der Waals surface area (Å²) in [6.45, 7) is 7.62.